The molecule has 0 saturated carbocycles. The van der Waals surface area contributed by atoms with Crippen molar-refractivity contribution in [3.63, 3.8) is 0 Å². The number of alkyl halides is 1. The summed E-state index contributed by atoms with van der Waals surface area (Å²) in [6, 6.07) is 33.0. The zero-order valence-electron chi connectivity index (χ0n) is 73.0. The van der Waals surface area contributed by atoms with Crippen LogP contribution >= 0.6 is 57.4 Å². The molecule has 45 heteroatoms. The summed E-state index contributed by atoms with van der Waals surface area (Å²) in [5.74, 6) is -1.42. The first kappa shape index (κ1) is 101. The van der Waals surface area contributed by atoms with E-state index in [1.807, 2.05) is 36.7 Å². The van der Waals surface area contributed by atoms with Gasteiger partial charge in [-0.3, -0.25) is 59.3 Å². The van der Waals surface area contributed by atoms with E-state index in [0.29, 0.717) is 71.8 Å². The average molecular weight is 2000 g/mol. The first-order valence-electron chi connectivity index (χ1n) is 42.1. The highest BCUT2D eigenvalue weighted by Gasteiger charge is 2.30. The van der Waals surface area contributed by atoms with Gasteiger partial charge in [0.1, 0.15) is 56.8 Å². The van der Waals surface area contributed by atoms with E-state index in [4.69, 9.17) is 47.6 Å². The number of anilines is 8. The Balaban J connectivity index is 0.000000180. The highest BCUT2D eigenvalue weighted by atomic mass is 127. The fraction of sp³-hybridized carbons (Fsp3) is 0.345. The van der Waals surface area contributed by atoms with Crippen LogP contribution in [0.25, 0.3) is 33.7 Å². The molecule has 6 aromatic heterocycles. The Kier molecular flexibility index (Phi) is 38.5. The molecule has 702 valence electrons. The molecule has 0 unspecified atom stereocenters. The number of fused-ring (bicyclic) bond motifs is 2. The molecule has 5 aliphatic rings. The Morgan fingerprint density at radius 2 is 0.864 bits per heavy atom. The number of benzene rings is 5. The number of carbonyl (C=O) groups excluding carboxylic acids is 5. The van der Waals surface area contributed by atoms with Crippen molar-refractivity contribution in [3.05, 3.63) is 254 Å². The zero-order valence-corrected chi connectivity index (χ0v) is 76.5. The predicted molar refractivity (Wildman–Crippen MR) is 506 cm³/mol. The zero-order chi connectivity index (χ0) is 96.7. The fourth-order valence-corrected chi connectivity index (χ4v) is 15.0. The number of aromatic nitrogens is 8. The van der Waals surface area contributed by atoms with E-state index >= 15 is 0 Å². The number of imidazole rings is 2. The maximum absolute atomic E-state index is 13.2. The minimum atomic E-state index is -0.698. The van der Waals surface area contributed by atoms with Crippen LogP contribution in [0.1, 0.15) is 65.6 Å². The third kappa shape index (κ3) is 30.7. The number of hydrogen-bond donors (Lipinski definition) is 10. The van der Waals surface area contributed by atoms with Crippen molar-refractivity contribution >= 4 is 171 Å². The topological polar surface area (TPSA) is 493 Å². The van der Waals surface area contributed by atoms with E-state index in [1.54, 1.807) is 36.4 Å². The largest absolute Gasteiger partial charge is 0.710 e. The number of nitrogens with one attached hydrogen (secondary N) is 8. The lowest BCUT2D eigenvalue weighted by atomic mass is 9.96. The second-order valence-electron chi connectivity index (χ2n) is 31.2. The lowest BCUT2D eigenvalue weighted by Crippen LogP contribution is -2.35. The van der Waals surface area contributed by atoms with Gasteiger partial charge in [0.05, 0.1) is 49.9 Å². The van der Waals surface area contributed by atoms with Crippen molar-refractivity contribution in [2.24, 2.45) is 29.6 Å². The van der Waals surface area contributed by atoms with Crippen molar-refractivity contribution in [2.45, 2.75) is 64.2 Å². The molecule has 5 fully saturated rings. The second-order valence-corrected chi connectivity index (χ2v) is 32.4. The van der Waals surface area contributed by atoms with Crippen molar-refractivity contribution in [3.8, 4) is 11.6 Å². The standard InChI is InChI=1S/C19H20FN5O2.C18H18FN5O3.C18H20FN5O3.C13H16ClN3O3.C7H12ClNO.C6H5ClN2O2.C5H5FN2.CH3I/c1-24-8-6-12(7-9-24)18(26)22-14-3-4-15-16(10-14)25(19(27)23-15)17-5-2-13(20)11-21-17;19-12-1-4-16(23(27)10-12)24-15-9-13(2-3-14(15)22-18(24)26)21-17(25)11-5-7-20-8-6-11;1-23-8-6-12(7-9-23)18(25)21-14-3-4-16(24(26)27)15(10-14)22-17-5-2-13(19)11-20-17;1-16-6-4-9(5-7-16)13(18)15-10-2-3-12(17(19)20)11(14)8-10;1-9-4-2-6(3-5-9)7(8)10;7-5-3-4(8)1-2-6(5)9(10)11;6-4-1-2-5(7)8-3-4;1-2/h2-5,10-12H,6-9H2,1H3,(H,22,26)(H,23,27);1-4,9-11,20H,5-8H2,(H,21,25)(H,22,26);2-5,10-12H,6-9H2,1H3,(H,20,22)(H,21,25);2-3,8-9H,4-7H2,1H3,(H,15,18);6H,2-5H2,1H3;1-3H,8H2;1-3H,(H2,7,8);1H3/i;;;;;;;1D. The summed E-state index contributed by atoms with van der Waals surface area (Å²) < 4.78 is 60.3. The first-order chi connectivity index (χ1) is 63.4. The second kappa shape index (κ2) is 50.1. The quantitative estimate of drug-likeness (QED) is 0.00494. The van der Waals surface area contributed by atoms with Gasteiger partial charge in [0, 0.05) is 89.7 Å². The smallest absolute Gasteiger partial charge is 0.418 e. The van der Waals surface area contributed by atoms with Gasteiger partial charge in [-0.25, -0.2) is 51.4 Å². The molecule has 0 aliphatic carbocycles. The fourth-order valence-electron chi connectivity index (χ4n) is 14.3. The molecule has 11 heterocycles. The number of nitrogen functional groups attached to an aromatic ring is 2. The third-order valence-electron chi connectivity index (χ3n) is 21.7. The molecule has 11 aromatic rings. The van der Waals surface area contributed by atoms with E-state index in [1.165, 1.54) is 102 Å². The molecule has 37 nitrogen and oxygen atoms in total. The summed E-state index contributed by atoms with van der Waals surface area (Å²) in [6.07, 6.45) is 12.2. The summed E-state index contributed by atoms with van der Waals surface area (Å²) in [7, 11) is 8.17. The number of pyridine rings is 4. The van der Waals surface area contributed by atoms with Crippen molar-refractivity contribution < 1.29 is 62.4 Å². The average Bonchev–Trinajstić information content (AvgIpc) is 1.63. The van der Waals surface area contributed by atoms with Crippen LogP contribution in [0, 0.1) is 88.4 Å². The summed E-state index contributed by atoms with van der Waals surface area (Å²) in [5, 5.41) is 61.5. The molecule has 0 spiro atoms. The Bertz CT molecular complexity index is 5940. The molecule has 5 aromatic carbocycles. The Morgan fingerprint density at radius 3 is 1.27 bits per heavy atom. The minimum absolute atomic E-state index is 0.00760. The number of nitro groups is 3. The Labute approximate surface area is 783 Å². The van der Waals surface area contributed by atoms with Crippen LogP contribution < -0.4 is 59.5 Å². The lowest BCUT2D eigenvalue weighted by Gasteiger charge is -2.28. The molecule has 16 rings (SSSR count). The number of nitro benzene ring substituents is 3. The predicted octanol–water partition coefficient (Wildman–Crippen LogP) is 13.6. The number of hydrogen-bond acceptors (Lipinski definition) is 25. The van der Waals surface area contributed by atoms with Gasteiger partial charge < -0.3 is 73.2 Å². The van der Waals surface area contributed by atoms with Crippen LogP contribution in [0.2, 0.25) is 10.0 Å². The van der Waals surface area contributed by atoms with Crippen molar-refractivity contribution in [1.29, 1.82) is 0 Å². The number of halogens is 8. The third-order valence-corrected chi connectivity index (χ3v) is 22.6. The highest BCUT2D eigenvalue weighted by molar-refractivity contribution is 14.1. The molecule has 5 aliphatic heterocycles. The number of nitrogens with two attached hydrogens (primary N) is 2. The van der Waals surface area contributed by atoms with Gasteiger partial charge in [0.25, 0.3) is 22.9 Å². The van der Waals surface area contributed by atoms with Crippen LogP contribution in [0.15, 0.2) is 174 Å². The summed E-state index contributed by atoms with van der Waals surface area (Å²) >= 11 is 18.6. The van der Waals surface area contributed by atoms with Crippen LogP contribution in [-0.4, -0.2) is 196 Å². The lowest BCUT2D eigenvalue weighted by molar-refractivity contribution is -0.601. The van der Waals surface area contributed by atoms with Gasteiger partial charge in [-0.2, -0.15) is 0 Å². The van der Waals surface area contributed by atoms with Gasteiger partial charge in [0.15, 0.2) is 11.3 Å². The molecular weight excluding hydrogens is 1900 g/mol. The number of rotatable bonds is 16. The van der Waals surface area contributed by atoms with E-state index in [9.17, 15) is 86.7 Å². The van der Waals surface area contributed by atoms with E-state index in [2.05, 4.69) is 90.5 Å². The molecule has 12 N–H and O–H groups in total. The SMILES string of the molecule is CN1CCC(C(=O)Cl)CC1.CN1CCC(C(=O)Nc2ccc([N+](=O)[O-])c(Cl)c2)CC1.CN1CCC(C(=O)Nc2ccc([N+](=O)[O-])c(Nc3ccc(F)cn3)c2)CC1.CN1CCC(C(=O)Nc2ccc3[nH]c(=O)n(-c4ccc(F)cn4)c3c2)CC1.Nc1ccc(F)cn1.Nc1ccc([N+](=O)[O-])c(Cl)c1.O=C(Nc1ccc2[nH]c(=O)n(-c3ccc(F)c[n+]3[O-])c2c1)C1CCNCC1.[2H]CI. The number of piperidine rings is 5. The summed E-state index contributed by atoms with van der Waals surface area (Å²) in [5.41, 5.74) is 13.9. The number of aromatic amines is 2. The molecule has 4 amide bonds. The van der Waals surface area contributed by atoms with E-state index < -0.39 is 37.9 Å². The maximum Gasteiger partial charge on any atom is 0.418 e. The molecule has 5 saturated heterocycles. The number of likely N-dealkylation sites (tertiary alicyclic amines) is 4. The van der Waals surface area contributed by atoms with Gasteiger partial charge >= 0.3 is 11.4 Å². The molecule has 0 atom stereocenters. The van der Waals surface area contributed by atoms with E-state index in [-0.39, 0.29) is 114 Å². The van der Waals surface area contributed by atoms with Gasteiger partial charge in [0.2, 0.25) is 28.9 Å². The number of carbonyl (C=O) groups is 5. The normalized spacial score (nSPS) is 15.3. The van der Waals surface area contributed by atoms with Crippen LogP contribution in [0.5, 0.6) is 0 Å². The molecular formula is C87H99Cl3F4IN23O14. The van der Waals surface area contributed by atoms with E-state index in [0.717, 1.165) is 165 Å². The van der Waals surface area contributed by atoms with Crippen molar-refractivity contribution in [2.75, 3.05) is 137 Å². The number of amides is 4. The maximum atomic E-state index is 13.2. The Hall–Kier alpha value is -12.7. The van der Waals surface area contributed by atoms with Crippen LogP contribution in [-0.2, 0) is 24.0 Å². The minimum Gasteiger partial charge on any atom is -0.710 e. The molecule has 0 radical (unpaired) electrons. The number of H-pyrrole nitrogens is 2. The monoisotopic (exact) mass is 2000 g/mol. The summed E-state index contributed by atoms with van der Waals surface area (Å²) in [4.78, 5) is 141. The molecule has 0 bridgehead atoms. The van der Waals surface area contributed by atoms with Gasteiger partial charge in [-0.15, -0.1) is 4.57 Å². The highest BCUT2D eigenvalue weighted by Crippen LogP contribution is 2.34. The Morgan fingerprint density at radius 1 is 0.485 bits per heavy atom. The van der Waals surface area contributed by atoms with Crippen LogP contribution in [0.4, 0.5) is 80.4 Å². The number of nitrogens with zero attached hydrogens (tertiary/aromatic N) is 13. The molecule has 132 heavy (non-hydrogen) atoms. The first-order valence-corrected chi connectivity index (χ1v) is 44.0. The van der Waals surface area contributed by atoms with Gasteiger partial charge in [-0.05, 0) is 284 Å². The summed E-state index contributed by atoms with van der Waals surface area (Å²) in [6.45, 7) is 8.97. The van der Waals surface area contributed by atoms with Gasteiger partial charge in [-0.1, -0.05) is 45.8 Å². The van der Waals surface area contributed by atoms with Crippen LogP contribution in [0.3, 0.4) is 0 Å². The van der Waals surface area contributed by atoms with Crippen molar-refractivity contribution in [1.82, 2.24) is 59.0 Å².